The molecule has 0 aliphatic carbocycles. The molecule has 0 atom stereocenters. The molecule has 1 aromatic heterocycles. The zero-order chi connectivity index (χ0) is 13.7. The van der Waals surface area contributed by atoms with Crippen molar-refractivity contribution in [1.82, 2.24) is 0 Å². The molecule has 0 radical (unpaired) electrons. The van der Waals surface area contributed by atoms with Crippen LogP contribution in [0.5, 0.6) is 0 Å². The Morgan fingerprint density at radius 2 is 2.00 bits per heavy atom. The predicted molar refractivity (Wildman–Crippen MR) is 82.4 cm³/mol. The third-order valence-electron chi connectivity index (χ3n) is 2.88. The molecule has 0 fully saturated rings. The van der Waals surface area contributed by atoms with E-state index in [-0.39, 0.29) is 5.78 Å². The molecule has 0 N–H and O–H groups in total. The monoisotopic (exact) mass is 312 g/mol. The second-order valence-electron chi connectivity index (χ2n) is 4.36. The van der Waals surface area contributed by atoms with E-state index in [1.54, 1.807) is 17.4 Å². The first kappa shape index (κ1) is 14.6. The minimum absolute atomic E-state index is 0.209. The maximum atomic E-state index is 11.9. The fourth-order valence-corrected chi connectivity index (χ4v) is 3.04. The van der Waals surface area contributed by atoms with Crippen molar-refractivity contribution in [3.8, 4) is 0 Å². The van der Waals surface area contributed by atoms with E-state index < -0.39 is 0 Å². The Bertz CT molecular complexity index is 549. The molecular formula is C15H14Cl2OS. The number of thiophene rings is 1. The summed E-state index contributed by atoms with van der Waals surface area (Å²) in [7, 11) is 0. The number of ketones is 1. The van der Waals surface area contributed by atoms with Crippen LogP contribution in [0.15, 0.2) is 35.7 Å². The summed E-state index contributed by atoms with van der Waals surface area (Å²) < 4.78 is 0. The molecule has 0 spiro atoms. The maximum absolute atomic E-state index is 11.9. The molecular weight excluding hydrogens is 299 g/mol. The summed E-state index contributed by atoms with van der Waals surface area (Å²) in [6, 6.07) is 9.54. The van der Waals surface area contributed by atoms with E-state index in [0.29, 0.717) is 22.9 Å². The summed E-state index contributed by atoms with van der Waals surface area (Å²) in [5.41, 5.74) is 0.815. The van der Waals surface area contributed by atoms with Gasteiger partial charge in [-0.1, -0.05) is 41.4 Å². The standard InChI is InChI=1S/C15H14Cl2OS/c16-14-8-1-4-11(15(14)17)10-12(18)5-2-6-13-7-3-9-19-13/h1,3-4,7-9H,2,5-6,10H2. The van der Waals surface area contributed by atoms with Crippen molar-refractivity contribution in [3.05, 3.63) is 56.2 Å². The Labute approximate surface area is 127 Å². The number of hydrogen-bond donors (Lipinski definition) is 0. The molecule has 2 rings (SSSR count). The molecule has 0 saturated carbocycles. The van der Waals surface area contributed by atoms with Crippen LogP contribution in [0.4, 0.5) is 0 Å². The van der Waals surface area contributed by atoms with Crippen LogP contribution in [-0.4, -0.2) is 5.78 Å². The SMILES string of the molecule is O=C(CCCc1cccs1)Cc1cccc(Cl)c1Cl. The fraction of sp³-hybridized carbons (Fsp3) is 0.267. The maximum Gasteiger partial charge on any atom is 0.137 e. The largest absolute Gasteiger partial charge is 0.299 e. The molecule has 0 aliphatic rings. The van der Waals surface area contributed by atoms with Crippen molar-refractivity contribution in [1.29, 1.82) is 0 Å². The number of carbonyl (C=O) groups excluding carboxylic acids is 1. The molecule has 1 nitrogen and oxygen atoms in total. The Hall–Kier alpha value is -0.830. The van der Waals surface area contributed by atoms with Gasteiger partial charge in [-0.05, 0) is 35.9 Å². The number of halogens is 2. The van der Waals surface area contributed by atoms with Gasteiger partial charge in [-0.25, -0.2) is 0 Å². The Kier molecular flexibility index (Phi) is 5.44. The van der Waals surface area contributed by atoms with E-state index >= 15 is 0 Å². The molecule has 1 aromatic carbocycles. The molecule has 2 aromatic rings. The summed E-state index contributed by atoms with van der Waals surface area (Å²) >= 11 is 13.7. The van der Waals surface area contributed by atoms with Gasteiger partial charge in [0.2, 0.25) is 0 Å². The highest BCUT2D eigenvalue weighted by molar-refractivity contribution is 7.09. The van der Waals surface area contributed by atoms with E-state index in [1.807, 2.05) is 18.2 Å². The number of rotatable bonds is 6. The van der Waals surface area contributed by atoms with Crippen LogP contribution in [0.2, 0.25) is 10.0 Å². The van der Waals surface area contributed by atoms with Gasteiger partial charge in [-0.3, -0.25) is 4.79 Å². The quantitative estimate of drug-likeness (QED) is 0.717. The highest BCUT2D eigenvalue weighted by Crippen LogP contribution is 2.26. The van der Waals surface area contributed by atoms with Crippen molar-refractivity contribution in [3.63, 3.8) is 0 Å². The molecule has 0 aliphatic heterocycles. The van der Waals surface area contributed by atoms with Gasteiger partial charge in [0.25, 0.3) is 0 Å². The molecule has 0 unspecified atom stereocenters. The van der Waals surface area contributed by atoms with Gasteiger partial charge in [-0.2, -0.15) is 0 Å². The smallest absolute Gasteiger partial charge is 0.137 e. The first-order valence-corrected chi connectivity index (χ1v) is 7.77. The molecule has 19 heavy (non-hydrogen) atoms. The second kappa shape index (κ2) is 7.09. The highest BCUT2D eigenvalue weighted by atomic mass is 35.5. The summed E-state index contributed by atoms with van der Waals surface area (Å²) in [4.78, 5) is 13.2. The van der Waals surface area contributed by atoms with Crippen molar-refractivity contribution in [2.45, 2.75) is 25.7 Å². The van der Waals surface area contributed by atoms with Crippen LogP contribution in [0.3, 0.4) is 0 Å². The predicted octanol–water partition coefficient (Wildman–Crippen LogP) is 5.19. The van der Waals surface area contributed by atoms with Gasteiger partial charge in [0.15, 0.2) is 0 Å². The Balaban J connectivity index is 1.82. The summed E-state index contributed by atoms with van der Waals surface area (Å²) in [5.74, 6) is 0.209. The van der Waals surface area contributed by atoms with Crippen LogP contribution in [0.1, 0.15) is 23.3 Å². The van der Waals surface area contributed by atoms with Gasteiger partial charge in [0.1, 0.15) is 5.78 Å². The number of benzene rings is 1. The number of aryl methyl sites for hydroxylation is 1. The van der Waals surface area contributed by atoms with E-state index in [2.05, 4.69) is 11.4 Å². The van der Waals surface area contributed by atoms with Gasteiger partial charge >= 0.3 is 0 Å². The number of Topliss-reactive ketones (excluding diaryl/α,β-unsaturated/α-hetero) is 1. The van der Waals surface area contributed by atoms with Crippen LogP contribution in [0, 0.1) is 0 Å². The van der Waals surface area contributed by atoms with Crippen molar-refractivity contribution >= 4 is 40.3 Å². The van der Waals surface area contributed by atoms with Crippen LogP contribution in [-0.2, 0) is 17.6 Å². The number of hydrogen-bond acceptors (Lipinski definition) is 2. The summed E-state index contributed by atoms with van der Waals surface area (Å²) in [6.07, 6.45) is 2.80. The lowest BCUT2D eigenvalue weighted by Crippen LogP contribution is -2.03. The average molecular weight is 313 g/mol. The lowest BCUT2D eigenvalue weighted by molar-refractivity contribution is -0.118. The Morgan fingerprint density at radius 1 is 1.16 bits per heavy atom. The van der Waals surface area contributed by atoms with E-state index in [9.17, 15) is 4.79 Å². The van der Waals surface area contributed by atoms with Crippen molar-refractivity contribution in [2.24, 2.45) is 0 Å². The second-order valence-corrected chi connectivity index (χ2v) is 6.18. The van der Waals surface area contributed by atoms with Gasteiger partial charge in [0.05, 0.1) is 10.0 Å². The van der Waals surface area contributed by atoms with E-state index in [4.69, 9.17) is 23.2 Å². The lowest BCUT2D eigenvalue weighted by atomic mass is 10.0. The van der Waals surface area contributed by atoms with E-state index in [1.165, 1.54) is 4.88 Å². The topological polar surface area (TPSA) is 17.1 Å². The molecule has 0 saturated heterocycles. The molecule has 1 heterocycles. The average Bonchev–Trinajstić information content (AvgIpc) is 2.88. The van der Waals surface area contributed by atoms with Crippen molar-refractivity contribution in [2.75, 3.05) is 0 Å². The molecule has 0 bridgehead atoms. The minimum Gasteiger partial charge on any atom is -0.299 e. The van der Waals surface area contributed by atoms with Crippen LogP contribution in [0.25, 0.3) is 0 Å². The molecule has 0 amide bonds. The van der Waals surface area contributed by atoms with Gasteiger partial charge < -0.3 is 0 Å². The van der Waals surface area contributed by atoms with Crippen LogP contribution >= 0.6 is 34.5 Å². The third-order valence-corrected chi connectivity index (χ3v) is 4.67. The first-order chi connectivity index (χ1) is 9.16. The van der Waals surface area contributed by atoms with Crippen molar-refractivity contribution < 1.29 is 4.79 Å². The summed E-state index contributed by atoms with van der Waals surface area (Å²) in [6.45, 7) is 0. The zero-order valence-electron chi connectivity index (χ0n) is 10.4. The molecule has 100 valence electrons. The minimum atomic E-state index is 0.209. The first-order valence-electron chi connectivity index (χ1n) is 6.14. The lowest BCUT2D eigenvalue weighted by Gasteiger charge is -2.05. The Morgan fingerprint density at radius 3 is 2.74 bits per heavy atom. The van der Waals surface area contributed by atoms with Gasteiger partial charge in [0, 0.05) is 17.7 Å². The van der Waals surface area contributed by atoms with Gasteiger partial charge in [-0.15, -0.1) is 11.3 Å². The fourth-order valence-electron chi connectivity index (χ4n) is 1.90. The third kappa shape index (κ3) is 4.34. The number of carbonyl (C=O) groups is 1. The van der Waals surface area contributed by atoms with Crippen LogP contribution < -0.4 is 0 Å². The summed E-state index contributed by atoms with van der Waals surface area (Å²) in [5, 5.41) is 3.06. The van der Waals surface area contributed by atoms with E-state index in [0.717, 1.165) is 18.4 Å². The normalized spacial score (nSPS) is 10.6. The highest BCUT2D eigenvalue weighted by Gasteiger charge is 2.09. The molecule has 4 heteroatoms. The zero-order valence-corrected chi connectivity index (χ0v) is 12.7.